The Hall–Kier alpha value is -0.120. The van der Waals surface area contributed by atoms with Gasteiger partial charge < -0.3 is 15.0 Å². The second-order valence-corrected chi connectivity index (χ2v) is 6.05. The fourth-order valence-corrected chi connectivity index (χ4v) is 2.91. The van der Waals surface area contributed by atoms with E-state index < -0.39 is 0 Å². The first-order valence-electron chi connectivity index (χ1n) is 7.24. The maximum absolute atomic E-state index is 5.75. The van der Waals surface area contributed by atoms with Gasteiger partial charge in [0.05, 0.1) is 6.61 Å². The molecule has 1 saturated heterocycles. The minimum absolute atomic E-state index is 0.366. The third kappa shape index (κ3) is 4.23. The lowest BCUT2D eigenvalue weighted by Crippen LogP contribution is -2.48. The summed E-state index contributed by atoms with van der Waals surface area (Å²) in [5, 5.41) is 3.71. The Morgan fingerprint density at radius 2 is 2.24 bits per heavy atom. The average molecular weight is 240 g/mol. The van der Waals surface area contributed by atoms with Gasteiger partial charge in [-0.15, -0.1) is 0 Å². The van der Waals surface area contributed by atoms with Gasteiger partial charge in [-0.3, -0.25) is 0 Å². The molecule has 0 aromatic carbocycles. The smallest absolute Gasteiger partial charge is 0.0546 e. The molecule has 2 rings (SSSR count). The number of rotatable bonds is 7. The summed E-state index contributed by atoms with van der Waals surface area (Å²) in [6.07, 6.45) is 6.54. The minimum Gasteiger partial charge on any atom is -0.381 e. The second-order valence-electron chi connectivity index (χ2n) is 6.05. The van der Waals surface area contributed by atoms with Crippen LogP contribution in [-0.2, 0) is 4.74 Å². The molecule has 0 bridgehead atoms. The van der Waals surface area contributed by atoms with Gasteiger partial charge in [0.15, 0.2) is 0 Å². The summed E-state index contributed by atoms with van der Waals surface area (Å²) in [7, 11) is 2.25. The lowest BCUT2D eigenvalue weighted by Gasteiger charge is -2.40. The number of ether oxygens (including phenoxy) is 1. The Morgan fingerprint density at radius 1 is 1.41 bits per heavy atom. The van der Waals surface area contributed by atoms with Crippen molar-refractivity contribution in [3.63, 3.8) is 0 Å². The first kappa shape index (κ1) is 13.3. The van der Waals surface area contributed by atoms with Gasteiger partial charge in [-0.2, -0.15) is 0 Å². The molecule has 2 fully saturated rings. The molecule has 0 aromatic rings. The van der Waals surface area contributed by atoms with Gasteiger partial charge in [0, 0.05) is 31.2 Å². The normalized spacial score (nSPS) is 29.8. The van der Waals surface area contributed by atoms with Gasteiger partial charge in [0.2, 0.25) is 0 Å². The summed E-state index contributed by atoms with van der Waals surface area (Å²) >= 11 is 0. The molecule has 1 unspecified atom stereocenters. The summed E-state index contributed by atoms with van der Waals surface area (Å²) in [5.74, 6) is 0. The average Bonchev–Trinajstić information content (AvgIpc) is 3.12. The largest absolute Gasteiger partial charge is 0.381 e. The fraction of sp³-hybridized carbons (Fsp3) is 1.00. The molecule has 1 saturated carbocycles. The van der Waals surface area contributed by atoms with Gasteiger partial charge in [-0.05, 0) is 45.7 Å². The van der Waals surface area contributed by atoms with Gasteiger partial charge in [0.1, 0.15) is 0 Å². The Balaban J connectivity index is 1.84. The quantitative estimate of drug-likeness (QED) is 0.735. The molecule has 1 atom stereocenters. The van der Waals surface area contributed by atoms with Gasteiger partial charge in [0.25, 0.3) is 0 Å². The van der Waals surface area contributed by atoms with Crippen molar-refractivity contribution in [3.05, 3.63) is 0 Å². The molecule has 0 spiro atoms. The van der Waals surface area contributed by atoms with E-state index in [4.69, 9.17) is 4.74 Å². The number of nitrogens with one attached hydrogen (secondary N) is 1. The maximum Gasteiger partial charge on any atom is 0.0546 e. The highest BCUT2D eigenvalue weighted by Gasteiger charge is 2.35. The highest BCUT2D eigenvalue weighted by atomic mass is 16.5. The molecule has 100 valence electrons. The highest BCUT2D eigenvalue weighted by molar-refractivity contribution is 4.90. The van der Waals surface area contributed by atoms with Crippen LogP contribution in [0.1, 0.15) is 39.0 Å². The monoisotopic (exact) mass is 240 g/mol. The number of hydrogen-bond donors (Lipinski definition) is 1. The first-order chi connectivity index (χ1) is 8.24. The third-order valence-corrected chi connectivity index (χ3v) is 3.96. The van der Waals surface area contributed by atoms with E-state index in [1.807, 2.05) is 0 Å². The van der Waals surface area contributed by atoms with Crippen LogP contribution in [0.3, 0.4) is 0 Å². The molecule has 0 aromatic heterocycles. The Morgan fingerprint density at radius 3 is 2.82 bits per heavy atom. The Kier molecular flexibility index (Phi) is 4.83. The standard InChI is InChI=1S/C14H28N2O/c1-3-8-16(2)11-14(7-4-9-17-12-14)10-15-13-5-6-13/h13,15H,3-12H2,1-2H3. The van der Waals surface area contributed by atoms with E-state index in [2.05, 4.69) is 24.2 Å². The predicted molar refractivity (Wildman–Crippen MR) is 71.3 cm³/mol. The topological polar surface area (TPSA) is 24.5 Å². The molecule has 3 nitrogen and oxygen atoms in total. The molecule has 2 aliphatic rings. The van der Waals surface area contributed by atoms with Crippen LogP contribution in [-0.4, -0.2) is 50.8 Å². The summed E-state index contributed by atoms with van der Waals surface area (Å²) in [5.41, 5.74) is 0.366. The van der Waals surface area contributed by atoms with Crippen LogP contribution in [0.15, 0.2) is 0 Å². The zero-order valence-corrected chi connectivity index (χ0v) is 11.5. The molecule has 1 aliphatic heterocycles. The summed E-state index contributed by atoms with van der Waals surface area (Å²) in [6, 6.07) is 0.810. The van der Waals surface area contributed by atoms with Crippen molar-refractivity contribution in [3.8, 4) is 0 Å². The van der Waals surface area contributed by atoms with Crippen molar-refractivity contribution in [1.29, 1.82) is 0 Å². The van der Waals surface area contributed by atoms with Gasteiger partial charge in [-0.1, -0.05) is 6.92 Å². The lowest BCUT2D eigenvalue weighted by molar-refractivity contribution is -0.0228. The number of nitrogens with zero attached hydrogens (tertiary/aromatic N) is 1. The van der Waals surface area contributed by atoms with E-state index in [9.17, 15) is 0 Å². The van der Waals surface area contributed by atoms with Crippen molar-refractivity contribution in [2.75, 3.05) is 39.9 Å². The molecule has 0 amide bonds. The summed E-state index contributed by atoms with van der Waals surface area (Å²) < 4.78 is 5.75. The van der Waals surface area contributed by atoms with Crippen molar-refractivity contribution in [1.82, 2.24) is 10.2 Å². The van der Waals surface area contributed by atoms with Gasteiger partial charge >= 0.3 is 0 Å². The van der Waals surface area contributed by atoms with Crippen molar-refractivity contribution < 1.29 is 4.74 Å². The third-order valence-electron chi connectivity index (χ3n) is 3.96. The van der Waals surface area contributed by atoms with Gasteiger partial charge in [-0.25, -0.2) is 0 Å². The van der Waals surface area contributed by atoms with Crippen LogP contribution in [0.2, 0.25) is 0 Å². The van der Waals surface area contributed by atoms with E-state index >= 15 is 0 Å². The molecular formula is C14H28N2O. The summed E-state index contributed by atoms with van der Waals surface area (Å²) in [4.78, 5) is 2.48. The molecule has 1 aliphatic carbocycles. The van der Waals surface area contributed by atoms with Crippen LogP contribution in [0.4, 0.5) is 0 Å². The van der Waals surface area contributed by atoms with Crippen LogP contribution in [0, 0.1) is 5.41 Å². The minimum atomic E-state index is 0.366. The van der Waals surface area contributed by atoms with Crippen molar-refractivity contribution >= 4 is 0 Å². The van der Waals surface area contributed by atoms with Crippen LogP contribution in [0.25, 0.3) is 0 Å². The predicted octanol–water partition coefficient (Wildman–Crippen LogP) is 1.88. The maximum atomic E-state index is 5.75. The molecule has 0 radical (unpaired) electrons. The van der Waals surface area contributed by atoms with Crippen molar-refractivity contribution in [2.45, 2.75) is 45.1 Å². The zero-order valence-electron chi connectivity index (χ0n) is 11.5. The summed E-state index contributed by atoms with van der Waals surface area (Å²) in [6.45, 7) is 7.68. The van der Waals surface area contributed by atoms with E-state index in [1.165, 1.54) is 45.2 Å². The first-order valence-corrected chi connectivity index (χ1v) is 7.24. The molecule has 17 heavy (non-hydrogen) atoms. The zero-order chi connectivity index (χ0) is 12.1. The Bertz CT molecular complexity index is 222. The van der Waals surface area contributed by atoms with Crippen LogP contribution >= 0.6 is 0 Å². The molecule has 1 heterocycles. The highest BCUT2D eigenvalue weighted by Crippen LogP contribution is 2.30. The fourth-order valence-electron chi connectivity index (χ4n) is 2.91. The SMILES string of the molecule is CCCN(C)CC1(CNC2CC2)CCCOC1. The van der Waals surface area contributed by atoms with Crippen LogP contribution in [0.5, 0.6) is 0 Å². The Labute approximate surface area is 106 Å². The molecule has 1 N–H and O–H groups in total. The van der Waals surface area contributed by atoms with E-state index in [0.717, 1.165) is 25.8 Å². The lowest BCUT2D eigenvalue weighted by atomic mass is 9.81. The second kappa shape index (κ2) is 6.17. The van der Waals surface area contributed by atoms with Crippen molar-refractivity contribution in [2.24, 2.45) is 5.41 Å². The molecule has 3 heteroatoms. The van der Waals surface area contributed by atoms with Crippen LogP contribution < -0.4 is 5.32 Å². The van der Waals surface area contributed by atoms with E-state index in [0.29, 0.717) is 5.41 Å². The number of hydrogen-bond acceptors (Lipinski definition) is 3. The molecular weight excluding hydrogens is 212 g/mol. The van der Waals surface area contributed by atoms with E-state index in [-0.39, 0.29) is 0 Å². The van der Waals surface area contributed by atoms with E-state index in [1.54, 1.807) is 0 Å².